The summed E-state index contributed by atoms with van der Waals surface area (Å²) < 4.78 is 57.8. The second-order valence-electron chi connectivity index (χ2n) is 9.46. The van der Waals surface area contributed by atoms with Gasteiger partial charge in [0.1, 0.15) is 28.6 Å². The van der Waals surface area contributed by atoms with Crippen LogP contribution in [0.1, 0.15) is 22.5 Å². The van der Waals surface area contributed by atoms with Gasteiger partial charge in [-0.15, -0.1) is 0 Å². The first-order chi connectivity index (χ1) is 19.8. The monoisotopic (exact) mass is 593 g/mol. The number of rotatable bonds is 10. The summed E-state index contributed by atoms with van der Waals surface area (Å²) in [5.74, 6) is -2.50. The minimum atomic E-state index is -5.07. The Morgan fingerprint density at radius 2 is 1.81 bits per heavy atom. The van der Waals surface area contributed by atoms with E-state index >= 15 is 0 Å². The van der Waals surface area contributed by atoms with Crippen LogP contribution in [-0.2, 0) is 9.59 Å². The molecule has 1 saturated heterocycles. The molecule has 1 aromatic carbocycles. The molecule has 42 heavy (non-hydrogen) atoms. The Bertz CT molecular complexity index is 1350. The van der Waals surface area contributed by atoms with Crippen LogP contribution in [0.5, 0.6) is 5.75 Å². The fraction of sp³-hybridized carbons (Fsp3) is 0.370. The van der Waals surface area contributed by atoms with Gasteiger partial charge < -0.3 is 30.0 Å². The Labute approximate surface area is 239 Å². The molecule has 0 aliphatic carbocycles. The molecule has 0 unspecified atom stereocenters. The van der Waals surface area contributed by atoms with E-state index in [1.807, 2.05) is 0 Å². The van der Waals surface area contributed by atoms with E-state index in [4.69, 9.17) is 0 Å². The first-order valence-corrected chi connectivity index (χ1v) is 12.8. The number of phenols is 1. The summed E-state index contributed by atoms with van der Waals surface area (Å²) >= 11 is 0. The molecule has 0 atom stereocenters. The predicted octanol–water partition coefficient (Wildman–Crippen LogP) is 2.90. The average molecular weight is 594 g/mol. The number of carbonyl (C=O) groups is 3. The number of anilines is 3. The Hall–Kier alpha value is -4.69. The topological polar surface area (TPSA) is 122 Å². The second kappa shape index (κ2) is 13.3. The van der Waals surface area contributed by atoms with Crippen LogP contribution >= 0.6 is 0 Å². The molecule has 0 saturated carbocycles. The summed E-state index contributed by atoms with van der Waals surface area (Å²) in [6.07, 6.45) is -2.98. The zero-order chi connectivity index (χ0) is 31.2. The van der Waals surface area contributed by atoms with Gasteiger partial charge in [0.15, 0.2) is 12.1 Å². The Kier molecular flexibility index (Phi) is 10.1. The number of aromatic nitrogens is 2. The number of piperazine rings is 1. The van der Waals surface area contributed by atoms with Gasteiger partial charge in [-0.05, 0) is 24.3 Å². The van der Waals surface area contributed by atoms with Gasteiger partial charge >= 0.3 is 6.18 Å². The third-order valence-electron chi connectivity index (χ3n) is 6.49. The van der Waals surface area contributed by atoms with Crippen LogP contribution in [0.2, 0.25) is 0 Å². The van der Waals surface area contributed by atoms with Crippen LogP contribution in [0.3, 0.4) is 0 Å². The van der Waals surface area contributed by atoms with E-state index in [0.717, 1.165) is 31.3 Å². The summed E-state index contributed by atoms with van der Waals surface area (Å²) in [5, 5.41) is 13.0. The lowest BCUT2D eigenvalue weighted by Crippen LogP contribution is -2.48. The van der Waals surface area contributed by atoms with Crippen molar-refractivity contribution < 1.29 is 37.1 Å². The summed E-state index contributed by atoms with van der Waals surface area (Å²) in [5.41, 5.74) is -2.84. The average Bonchev–Trinajstić information content (AvgIpc) is 2.94. The summed E-state index contributed by atoms with van der Waals surface area (Å²) in [6.45, 7) is 4.24. The third kappa shape index (κ3) is 7.33. The number of alkyl halides is 3. The molecule has 2 heterocycles. The lowest BCUT2D eigenvalue weighted by atomic mass is 10.1. The third-order valence-corrected chi connectivity index (χ3v) is 6.49. The van der Waals surface area contributed by atoms with Gasteiger partial charge in [-0.2, -0.15) is 18.2 Å². The number of nitrogens with zero attached hydrogens (tertiary/aromatic N) is 6. The second-order valence-corrected chi connectivity index (χ2v) is 9.46. The van der Waals surface area contributed by atoms with Crippen molar-refractivity contribution in [3.63, 3.8) is 0 Å². The smallest absolute Gasteiger partial charge is 0.431 e. The first kappa shape index (κ1) is 31.8. The van der Waals surface area contributed by atoms with Crippen LogP contribution in [0, 0.1) is 5.82 Å². The van der Waals surface area contributed by atoms with Gasteiger partial charge in [-0.1, -0.05) is 12.6 Å². The standard InChI is InChI=1S/C27H31F4N7O4/c1-5-22(41)37-11-13-38(14-12-37)25-17(19(16-39)33-26(34-25)32-10-9-23(42)35(2)3)15-21(27(29,30)31)36(4)24-18(28)7-6-8-20(24)40/h5-8,15-16,40H,1,9-14H2,2-4H3,(H,32,33,34)/b21-15-. The Morgan fingerprint density at radius 1 is 1.14 bits per heavy atom. The molecule has 1 aliphatic rings. The van der Waals surface area contributed by atoms with Crippen LogP contribution in [0.4, 0.5) is 35.0 Å². The first-order valence-electron chi connectivity index (χ1n) is 12.8. The van der Waals surface area contributed by atoms with Crippen molar-refractivity contribution in [3.05, 3.63) is 53.6 Å². The summed E-state index contributed by atoms with van der Waals surface area (Å²) in [6, 6.07) is 3.08. The molecule has 226 valence electrons. The zero-order valence-corrected chi connectivity index (χ0v) is 23.3. The molecule has 0 spiro atoms. The number of halogens is 4. The molecule has 2 N–H and O–H groups in total. The Morgan fingerprint density at radius 3 is 2.36 bits per heavy atom. The number of phenolic OH excluding ortho intramolecular Hbond substituents is 1. The van der Waals surface area contributed by atoms with Crippen LogP contribution in [0.25, 0.3) is 6.08 Å². The van der Waals surface area contributed by atoms with Crippen molar-refractivity contribution in [1.29, 1.82) is 0 Å². The van der Waals surface area contributed by atoms with E-state index in [9.17, 15) is 37.1 Å². The fourth-order valence-corrected chi connectivity index (χ4v) is 4.26. The maximum Gasteiger partial charge on any atom is 0.431 e. The van der Waals surface area contributed by atoms with Crippen molar-refractivity contribution in [1.82, 2.24) is 19.8 Å². The number of nitrogens with one attached hydrogen (secondary N) is 1. The van der Waals surface area contributed by atoms with E-state index in [-0.39, 0.29) is 74.6 Å². The maximum atomic E-state index is 14.6. The molecular formula is C27H31F4N7O4. The Balaban J connectivity index is 2.14. The van der Waals surface area contributed by atoms with Gasteiger partial charge in [0.25, 0.3) is 0 Å². The van der Waals surface area contributed by atoms with E-state index in [1.54, 1.807) is 19.0 Å². The number of hydrogen-bond donors (Lipinski definition) is 2. The molecule has 0 radical (unpaired) electrons. The van der Waals surface area contributed by atoms with E-state index in [2.05, 4.69) is 21.9 Å². The quantitative estimate of drug-likeness (QED) is 0.243. The van der Waals surface area contributed by atoms with Gasteiger partial charge in [0, 0.05) is 65.9 Å². The lowest BCUT2D eigenvalue weighted by Gasteiger charge is -2.36. The van der Waals surface area contributed by atoms with Crippen molar-refractivity contribution >= 4 is 41.6 Å². The zero-order valence-electron chi connectivity index (χ0n) is 23.3. The summed E-state index contributed by atoms with van der Waals surface area (Å²) in [7, 11) is 4.08. The highest BCUT2D eigenvalue weighted by molar-refractivity contribution is 5.88. The SMILES string of the molecule is C=CC(=O)N1CCN(c2nc(NCCC(=O)N(C)C)nc(C=O)c2/C=C(\N(C)c2c(O)cccc2F)C(F)(F)F)CC1. The van der Waals surface area contributed by atoms with Crippen LogP contribution in [-0.4, -0.2) is 103 Å². The number of para-hydroxylation sites is 1. The molecule has 1 aromatic heterocycles. The summed E-state index contributed by atoms with van der Waals surface area (Å²) in [4.78, 5) is 49.5. The molecule has 1 fully saturated rings. The van der Waals surface area contributed by atoms with Crippen molar-refractivity contribution in [2.45, 2.75) is 12.6 Å². The number of aromatic hydroxyl groups is 1. The fourth-order valence-electron chi connectivity index (χ4n) is 4.26. The van der Waals surface area contributed by atoms with E-state index in [1.165, 1.54) is 9.80 Å². The number of aldehydes is 1. The highest BCUT2D eigenvalue weighted by Crippen LogP contribution is 2.39. The minimum Gasteiger partial charge on any atom is -0.506 e. The number of hydrogen-bond acceptors (Lipinski definition) is 9. The van der Waals surface area contributed by atoms with Crippen molar-refractivity contribution in [2.24, 2.45) is 0 Å². The predicted molar refractivity (Wildman–Crippen MR) is 149 cm³/mol. The number of amides is 2. The lowest BCUT2D eigenvalue weighted by molar-refractivity contribution is -0.128. The van der Waals surface area contributed by atoms with Gasteiger partial charge in [0.2, 0.25) is 17.8 Å². The molecule has 3 rings (SSSR count). The van der Waals surface area contributed by atoms with Crippen LogP contribution < -0.4 is 15.1 Å². The van der Waals surface area contributed by atoms with E-state index in [0.29, 0.717) is 11.0 Å². The number of allylic oxidation sites excluding steroid dienone is 1. The van der Waals surface area contributed by atoms with Gasteiger partial charge in [-0.3, -0.25) is 14.4 Å². The highest BCUT2D eigenvalue weighted by atomic mass is 19.4. The highest BCUT2D eigenvalue weighted by Gasteiger charge is 2.39. The number of carbonyl (C=O) groups excluding carboxylic acids is 3. The normalized spacial score (nSPS) is 13.9. The minimum absolute atomic E-state index is 0.0489. The molecule has 15 heteroatoms. The van der Waals surface area contributed by atoms with Crippen LogP contribution in [0.15, 0.2) is 36.6 Å². The number of benzene rings is 1. The molecule has 1 aliphatic heterocycles. The largest absolute Gasteiger partial charge is 0.506 e. The molecule has 0 bridgehead atoms. The van der Waals surface area contributed by atoms with E-state index < -0.39 is 34.8 Å². The van der Waals surface area contributed by atoms with Crippen molar-refractivity contribution in [2.75, 3.05) is 69.0 Å². The molecule has 2 amide bonds. The van der Waals surface area contributed by atoms with Crippen molar-refractivity contribution in [3.8, 4) is 5.75 Å². The van der Waals surface area contributed by atoms with Gasteiger partial charge in [0.05, 0.1) is 0 Å². The molecule has 11 nitrogen and oxygen atoms in total. The van der Waals surface area contributed by atoms with Gasteiger partial charge in [-0.25, -0.2) is 9.37 Å². The molecule has 2 aromatic rings. The maximum absolute atomic E-state index is 14.6. The molecular weight excluding hydrogens is 562 g/mol.